The fourth-order valence-electron chi connectivity index (χ4n) is 0.945. The molecule has 0 aliphatic carbocycles. The third-order valence-electron chi connectivity index (χ3n) is 1.50. The van der Waals surface area contributed by atoms with Crippen LogP contribution in [0.4, 0.5) is 5.82 Å². The largest absolute Gasteiger partial charge is 0.382 e. The molecule has 0 bridgehead atoms. The quantitative estimate of drug-likeness (QED) is 0.592. The molecule has 2 heterocycles. The van der Waals surface area contributed by atoms with Gasteiger partial charge in [-0.25, -0.2) is 19.6 Å². The van der Waals surface area contributed by atoms with Crippen LogP contribution in [0.3, 0.4) is 0 Å². The molecule has 0 saturated carbocycles. The zero-order valence-electron chi connectivity index (χ0n) is 6.18. The van der Waals surface area contributed by atoms with Crippen molar-refractivity contribution in [1.82, 2.24) is 19.6 Å². The summed E-state index contributed by atoms with van der Waals surface area (Å²) in [5.74, 6) is 0.349. The zero-order valence-corrected chi connectivity index (χ0v) is 6.18. The highest BCUT2D eigenvalue weighted by Gasteiger charge is 2.05. The summed E-state index contributed by atoms with van der Waals surface area (Å²) in [5, 5.41) is 3.66. The van der Waals surface area contributed by atoms with Gasteiger partial charge in [0.25, 0.3) is 0 Å². The second-order valence-corrected chi connectivity index (χ2v) is 2.16. The first kappa shape index (κ1) is 6.71. The smallest absolute Gasteiger partial charge is 0.186 e. The van der Waals surface area contributed by atoms with Crippen molar-refractivity contribution in [3.05, 3.63) is 12.7 Å². The van der Waals surface area contributed by atoms with Crippen molar-refractivity contribution in [1.29, 1.82) is 0 Å². The number of imidazole rings is 1. The van der Waals surface area contributed by atoms with Crippen molar-refractivity contribution < 1.29 is 0 Å². The second kappa shape index (κ2) is 2.26. The molecule has 2 rings (SSSR count). The van der Waals surface area contributed by atoms with E-state index < -0.39 is 0 Å². The summed E-state index contributed by atoms with van der Waals surface area (Å²) in [6.45, 7) is 3.35. The minimum atomic E-state index is 0.349. The third kappa shape index (κ3) is 0.746. The zero-order chi connectivity index (χ0) is 8.55. The van der Waals surface area contributed by atoms with E-state index in [0.717, 1.165) is 0 Å². The maximum Gasteiger partial charge on any atom is 0.186 e. The predicted molar refractivity (Wildman–Crippen MR) is 44.7 cm³/mol. The Labute approximate surface area is 67.8 Å². The van der Waals surface area contributed by atoms with Gasteiger partial charge in [-0.3, -0.25) is 0 Å². The number of nitrogen functional groups attached to an aromatic ring is 1. The lowest BCUT2D eigenvalue weighted by Crippen LogP contribution is -1.94. The molecule has 60 valence electrons. The average molecular weight is 162 g/mol. The van der Waals surface area contributed by atoms with Crippen molar-refractivity contribution in [3.63, 3.8) is 0 Å². The van der Waals surface area contributed by atoms with E-state index >= 15 is 0 Å². The predicted octanol–water partition coefficient (Wildman–Crippen LogP) is -0.128. The Morgan fingerprint density at radius 2 is 2.25 bits per heavy atom. The summed E-state index contributed by atoms with van der Waals surface area (Å²) in [5.41, 5.74) is 6.65. The number of rotatable bonds is 1. The van der Waals surface area contributed by atoms with Crippen LogP contribution in [0.25, 0.3) is 11.2 Å². The van der Waals surface area contributed by atoms with Crippen LogP contribution in [-0.4, -0.2) is 26.3 Å². The Morgan fingerprint density at radius 3 is 3.00 bits per heavy atom. The number of hydrogen-bond donors (Lipinski definition) is 1. The summed E-state index contributed by atoms with van der Waals surface area (Å²) in [6, 6.07) is 0. The summed E-state index contributed by atoms with van der Waals surface area (Å²) >= 11 is 0. The van der Waals surface area contributed by atoms with E-state index in [4.69, 9.17) is 5.73 Å². The molecule has 0 aromatic carbocycles. The Balaban J connectivity index is 2.88. The van der Waals surface area contributed by atoms with Crippen LogP contribution in [0, 0.1) is 0 Å². The van der Waals surface area contributed by atoms with Crippen LogP contribution in [0.5, 0.6) is 0 Å². The molecule has 2 N–H and O–H groups in total. The fraction of sp³-hybridized carbons (Fsp3) is 0. The van der Waals surface area contributed by atoms with Gasteiger partial charge in [0, 0.05) is 6.72 Å². The summed E-state index contributed by atoms with van der Waals surface area (Å²) in [6.07, 6.45) is 2.85. The first-order chi connectivity index (χ1) is 5.83. The van der Waals surface area contributed by atoms with E-state index in [2.05, 4.69) is 26.8 Å². The van der Waals surface area contributed by atoms with Gasteiger partial charge in [0.1, 0.15) is 12.7 Å². The van der Waals surface area contributed by atoms with Crippen LogP contribution in [-0.2, 0) is 0 Å². The molecule has 12 heavy (non-hydrogen) atoms. The van der Waals surface area contributed by atoms with E-state index in [1.54, 1.807) is 0 Å². The van der Waals surface area contributed by atoms with Crippen molar-refractivity contribution >= 4 is 23.7 Å². The Morgan fingerprint density at radius 1 is 1.42 bits per heavy atom. The van der Waals surface area contributed by atoms with E-state index in [1.165, 1.54) is 17.3 Å². The lowest BCUT2D eigenvalue weighted by Gasteiger charge is -1.93. The maximum absolute atomic E-state index is 5.54. The molecule has 0 fully saturated rings. The standard InChI is InChI=1S/C6H6N6/c1-8-12-3-11-4-5(7)9-2-10-6(4)12/h2-3H,1H2,(H2,7,9,10). The molecule has 0 spiro atoms. The van der Waals surface area contributed by atoms with Crippen molar-refractivity contribution in [2.75, 3.05) is 5.73 Å². The third-order valence-corrected chi connectivity index (χ3v) is 1.50. The van der Waals surface area contributed by atoms with E-state index in [9.17, 15) is 0 Å². The molecular formula is C6H6N6. The average Bonchev–Trinajstić information content (AvgIpc) is 2.49. The highest BCUT2D eigenvalue weighted by atomic mass is 15.4. The molecule has 0 saturated heterocycles. The normalized spacial score (nSPS) is 10.3. The minimum Gasteiger partial charge on any atom is -0.382 e. The molecule has 0 unspecified atom stereocenters. The first-order valence-corrected chi connectivity index (χ1v) is 3.23. The van der Waals surface area contributed by atoms with E-state index in [0.29, 0.717) is 17.0 Å². The Hall–Kier alpha value is -1.98. The molecule has 0 aliphatic heterocycles. The molecule has 0 amide bonds. The number of nitrogens with two attached hydrogens (primary N) is 1. The lowest BCUT2D eigenvalue weighted by atomic mass is 10.5. The van der Waals surface area contributed by atoms with Crippen LogP contribution in [0.2, 0.25) is 0 Å². The van der Waals surface area contributed by atoms with Gasteiger partial charge in [-0.05, 0) is 0 Å². The van der Waals surface area contributed by atoms with Crippen LogP contribution >= 0.6 is 0 Å². The molecule has 0 aliphatic rings. The molecule has 2 aromatic rings. The van der Waals surface area contributed by atoms with Crippen molar-refractivity contribution in [2.45, 2.75) is 0 Å². The number of fused-ring (bicyclic) bond motifs is 1. The second-order valence-electron chi connectivity index (χ2n) is 2.16. The van der Waals surface area contributed by atoms with Gasteiger partial charge in [-0.1, -0.05) is 0 Å². The molecule has 6 nitrogen and oxygen atoms in total. The monoisotopic (exact) mass is 162 g/mol. The molecule has 6 heteroatoms. The van der Waals surface area contributed by atoms with Crippen LogP contribution < -0.4 is 5.73 Å². The molecule has 0 atom stereocenters. The Bertz CT molecular complexity index is 431. The van der Waals surface area contributed by atoms with Gasteiger partial charge >= 0.3 is 0 Å². The highest BCUT2D eigenvalue weighted by Crippen LogP contribution is 2.12. The van der Waals surface area contributed by atoms with E-state index in [1.807, 2.05) is 0 Å². The van der Waals surface area contributed by atoms with Gasteiger partial charge in [-0.2, -0.15) is 5.10 Å². The number of anilines is 1. The maximum atomic E-state index is 5.54. The van der Waals surface area contributed by atoms with Gasteiger partial charge in [0.15, 0.2) is 17.0 Å². The number of nitrogens with zero attached hydrogens (tertiary/aromatic N) is 5. The number of aromatic nitrogens is 4. The topological polar surface area (TPSA) is 82.0 Å². The minimum absolute atomic E-state index is 0.349. The fourth-order valence-corrected chi connectivity index (χ4v) is 0.945. The van der Waals surface area contributed by atoms with Gasteiger partial charge < -0.3 is 5.73 Å². The van der Waals surface area contributed by atoms with Crippen molar-refractivity contribution in [2.24, 2.45) is 5.10 Å². The lowest BCUT2D eigenvalue weighted by molar-refractivity contribution is 0.902. The summed E-state index contributed by atoms with van der Waals surface area (Å²) in [7, 11) is 0. The first-order valence-electron chi connectivity index (χ1n) is 3.23. The Kier molecular flexibility index (Phi) is 1.26. The van der Waals surface area contributed by atoms with Gasteiger partial charge in [0.2, 0.25) is 0 Å². The van der Waals surface area contributed by atoms with Gasteiger partial charge in [-0.15, -0.1) is 0 Å². The molecule has 0 radical (unpaired) electrons. The summed E-state index contributed by atoms with van der Waals surface area (Å²) in [4.78, 5) is 11.7. The SMILES string of the molecule is C=Nn1cnc2c(N)ncnc21. The van der Waals surface area contributed by atoms with Crippen LogP contribution in [0.1, 0.15) is 0 Å². The van der Waals surface area contributed by atoms with Gasteiger partial charge in [0.05, 0.1) is 0 Å². The number of hydrogen-bond acceptors (Lipinski definition) is 5. The van der Waals surface area contributed by atoms with E-state index in [-0.39, 0.29) is 0 Å². The van der Waals surface area contributed by atoms with Crippen molar-refractivity contribution in [3.8, 4) is 0 Å². The van der Waals surface area contributed by atoms with Crippen LogP contribution in [0.15, 0.2) is 17.8 Å². The summed E-state index contributed by atoms with van der Waals surface area (Å²) < 4.78 is 1.44. The molecular weight excluding hydrogens is 156 g/mol. The highest BCUT2D eigenvalue weighted by molar-refractivity contribution is 5.81. The molecule has 2 aromatic heterocycles.